The normalized spacial score (nSPS) is 13.6. The number of hydrogen-bond acceptors (Lipinski definition) is 7. The molecule has 0 unspecified atom stereocenters. The van der Waals surface area contributed by atoms with E-state index in [-0.39, 0.29) is 5.91 Å². The molecule has 1 aliphatic heterocycles. The van der Waals surface area contributed by atoms with Crippen molar-refractivity contribution in [3.63, 3.8) is 0 Å². The molecule has 150 valence electrons. The van der Waals surface area contributed by atoms with E-state index >= 15 is 0 Å². The van der Waals surface area contributed by atoms with Crippen LogP contribution in [-0.2, 0) is 11.3 Å². The van der Waals surface area contributed by atoms with Gasteiger partial charge in [-0.15, -0.1) is 0 Å². The molecule has 1 saturated heterocycles. The van der Waals surface area contributed by atoms with Gasteiger partial charge in [0, 0.05) is 30.4 Å². The monoisotopic (exact) mass is 394 g/mol. The molecule has 8 nitrogen and oxygen atoms in total. The summed E-state index contributed by atoms with van der Waals surface area (Å²) in [7, 11) is 3.18. The number of nitrogens with zero attached hydrogens (tertiary/aromatic N) is 3. The Morgan fingerprint density at radius 1 is 1.14 bits per heavy atom. The quantitative estimate of drug-likeness (QED) is 0.656. The first-order valence-electron chi connectivity index (χ1n) is 9.37. The van der Waals surface area contributed by atoms with Crippen LogP contribution in [0.3, 0.4) is 0 Å². The first-order chi connectivity index (χ1) is 14.2. The summed E-state index contributed by atoms with van der Waals surface area (Å²) in [4.78, 5) is 18.1. The van der Waals surface area contributed by atoms with Gasteiger partial charge in [-0.05, 0) is 42.8 Å². The van der Waals surface area contributed by atoms with Gasteiger partial charge in [0.25, 0.3) is 0 Å². The van der Waals surface area contributed by atoms with Crippen molar-refractivity contribution in [2.45, 2.75) is 19.4 Å². The number of carbonyl (C=O) groups excluding carboxylic acids is 1. The topological polar surface area (TPSA) is 89.7 Å². The Bertz CT molecular complexity index is 1000. The van der Waals surface area contributed by atoms with Crippen molar-refractivity contribution in [1.82, 2.24) is 10.1 Å². The van der Waals surface area contributed by atoms with Crippen LogP contribution < -0.4 is 19.7 Å². The van der Waals surface area contributed by atoms with Crippen LogP contribution in [-0.4, -0.2) is 36.8 Å². The summed E-state index contributed by atoms with van der Waals surface area (Å²) in [5.74, 6) is 2.38. The highest BCUT2D eigenvalue weighted by atomic mass is 16.5. The van der Waals surface area contributed by atoms with Gasteiger partial charge in [-0.25, -0.2) is 0 Å². The lowest BCUT2D eigenvalue weighted by Crippen LogP contribution is -2.23. The molecule has 1 amide bonds. The van der Waals surface area contributed by atoms with Crippen LogP contribution in [0.1, 0.15) is 18.7 Å². The minimum Gasteiger partial charge on any atom is -0.497 e. The minimum atomic E-state index is 0.179. The van der Waals surface area contributed by atoms with E-state index in [1.165, 1.54) is 0 Å². The number of ether oxygens (including phenoxy) is 2. The summed E-state index contributed by atoms with van der Waals surface area (Å²) in [6, 6.07) is 13.2. The molecule has 0 radical (unpaired) electrons. The van der Waals surface area contributed by atoms with Crippen LogP contribution in [0, 0.1) is 0 Å². The number of hydrogen-bond donors (Lipinski definition) is 1. The lowest BCUT2D eigenvalue weighted by atomic mass is 10.2. The Labute approximate surface area is 168 Å². The fourth-order valence-electron chi connectivity index (χ4n) is 3.28. The van der Waals surface area contributed by atoms with Gasteiger partial charge in [-0.1, -0.05) is 5.16 Å². The number of anilines is 2. The number of methoxy groups -OCH3 is 2. The molecule has 1 N–H and O–H groups in total. The van der Waals surface area contributed by atoms with Crippen molar-refractivity contribution in [1.29, 1.82) is 0 Å². The summed E-state index contributed by atoms with van der Waals surface area (Å²) in [6.45, 7) is 1.17. The van der Waals surface area contributed by atoms with E-state index in [0.29, 0.717) is 36.2 Å². The number of carbonyl (C=O) groups is 1. The fourth-order valence-corrected chi connectivity index (χ4v) is 3.28. The zero-order valence-electron chi connectivity index (χ0n) is 16.3. The van der Waals surface area contributed by atoms with Gasteiger partial charge in [0.2, 0.25) is 17.6 Å². The molecular formula is C21H22N4O4. The summed E-state index contributed by atoms with van der Waals surface area (Å²) in [5, 5.41) is 7.30. The maximum Gasteiger partial charge on any atom is 0.246 e. The molecule has 0 aliphatic carbocycles. The van der Waals surface area contributed by atoms with Crippen LogP contribution in [0.4, 0.5) is 11.4 Å². The molecule has 4 rings (SSSR count). The average molecular weight is 394 g/mol. The third-order valence-corrected chi connectivity index (χ3v) is 4.81. The Kier molecular flexibility index (Phi) is 5.33. The molecule has 1 fully saturated rings. The molecule has 1 aromatic heterocycles. The SMILES string of the molecule is COc1ccc(-c2noc(CNc3ccc(N4CCCC4=O)cc3)n2)c(OC)c1. The third-order valence-electron chi connectivity index (χ3n) is 4.81. The van der Waals surface area contributed by atoms with Gasteiger partial charge in [-0.2, -0.15) is 4.98 Å². The standard InChI is InChI=1S/C21H22N4O4/c1-27-16-9-10-17(18(12-16)28-2)21-23-19(29-24-21)13-22-14-5-7-15(8-6-14)25-11-3-4-20(25)26/h5-10,12,22H,3-4,11,13H2,1-2H3. The maximum absolute atomic E-state index is 11.8. The minimum absolute atomic E-state index is 0.179. The van der Waals surface area contributed by atoms with Crippen molar-refractivity contribution in [2.24, 2.45) is 0 Å². The Morgan fingerprint density at radius 2 is 1.97 bits per heavy atom. The maximum atomic E-state index is 11.8. The van der Waals surface area contributed by atoms with Crippen molar-refractivity contribution in [2.75, 3.05) is 31.0 Å². The van der Waals surface area contributed by atoms with Crippen molar-refractivity contribution in [3.8, 4) is 22.9 Å². The van der Waals surface area contributed by atoms with Crippen LogP contribution in [0.5, 0.6) is 11.5 Å². The van der Waals surface area contributed by atoms with Gasteiger partial charge >= 0.3 is 0 Å². The lowest BCUT2D eigenvalue weighted by Gasteiger charge is -2.16. The number of nitrogens with one attached hydrogen (secondary N) is 1. The Morgan fingerprint density at radius 3 is 2.66 bits per heavy atom. The van der Waals surface area contributed by atoms with Gasteiger partial charge in [0.15, 0.2) is 0 Å². The van der Waals surface area contributed by atoms with E-state index in [9.17, 15) is 4.79 Å². The number of aromatic nitrogens is 2. The molecule has 0 spiro atoms. The van der Waals surface area contributed by atoms with Gasteiger partial charge in [0.1, 0.15) is 11.5 Å². The fraction of sp³-hybridized carbons (Fsp3) is 0.286. The molecule has 0 saturated carbocycles. The second-order valence-electron chi connectivity index (χ2n) is 6.63. The average Bonchev–Trinajstić information content (AvgIpc) is 3.41. The molecule has 1 aliphatic rings. The van der Waals surface area contributed by atoms with Crippen LogP contribution in [0.2, 0.25) is 0 Å². The number of rotatable bonds is 7. The summed E-state index contributed by atoms with van der Waals surface area (Å²) in [5.41, 5.74) is 2.55. The summed E-state index contributed by atoms with van der Waals surface area (Å²) in [6.07, 6.45) is 1.54. The molecule has 0 atom stereocenters. The van der Waals surface area contributed by atoms with Crippen LogP contribution in [0.15, 0.2) is 47.0 Å². The Hall–Kier alpha value is -3.55. The highest BCUT2D eigenvalue weighted by Gasteiger charge is 2.21. The van der Waals surface area contributed by atoms with E-state index < -0.39 is 0 Å². The van der Waals surface area contributed by atoms with E-state index in [2.05, 4.69) is 15.5 Å². The molecule has 8 heteroatoms. The molecular weight excluding hydrogens is 372 g/mol. The number of amides is 1. The summed E-state index contributed by atoms with van der Waals surface area (Å²) >= 11 is 0. The van der Waals surface area contributed by atoms with E-state index in [1.54, 1.807) is 20.3 Å². The predicted molar refractivity (Wildman–Crippen MR) is 108 cm³/mol. The van der Waals surface area contributed by atoms with Crippen molar-refractivity contribution in [3.05, 3.63) is 48.4 Å². The first kappa shape index (κ1) is 18.8. The second-order valence-corrected chi connectivity index (χ2v) is 6.63. The van der Waals surface area contributed by atoms with E-state index in [0.717, 1.165) is 29.9 Å². The molecule has 2 aromatic carbocycles. The molecule has 3 aromatic rings. The van der Waals surface area contributed by atoms with Crippen molar-refractivity contribution >= 4 is 17.3 Å². The predicted octanol–water partition coefficient (Wildman–Crippen LogP) is 3.49. The smallest absolute Gasteiger partial charge is 0.246 e. The highest BCUT2D eigenvalue weighted by molar-refractivity contribution is 5.95. The molecule has 2 heterocycles. The zero-order valence-corrected chi connectivity index (χ0v) is 16.3. The van der Waals surface area contributed by atoms with Crippen molar-refractivity contribution < 1.29 is 18.8 Å². The third kappa shape index (κ3) is 4.01. The molecule has 29 heavy (non-hydrogen) atoms. The molecule has 0 bridgehead atoms. The zero-order chi connectivity index (χ0) is 20.2. The summed E-state index contributed by atoms with van der Waals surface area (Å²) < 4.78 is 16.0. The van der Waals surface area contributed by atoms with Gasteiger partial charge in [0.05, 0.1) is 26.3 Å². The van der Waals surface area contributed by atoms with E-state index in [1.807, 2.05) is 41.3 Å². The number of benzene rings is 2. The second kappa shape index (κ2) is 8.22. The van der Waals surface area contributed by atoms with E-state index in [4.69, 9.17) is 14.0 Å². The van der Waals surface area contributed by atoms with Gasteiger partial charge < -0.3 is 24.2 Å². The largest absolute Gasteiger partial charge is 0.497 e. The van der Waals surface area contributed by atoms with Gasteiger partial charge in [-0.3, -0.25) is 4.79 Å². The first-order valence-corrected chi connectivity index (χ1v) is 9.37. The Balaban J connectivity index is 1.41. The van der Waals surface area contributed by atoms with Crippen LogP contribution in [0.25, 0.3) is 11.4 Å². The van der Waals surface area contributed by atoms with Crippen LogP contribution >= 0.6 is 0 Å². The lowest BCUT2D eigenvalue weighted by molar-refractivity contribution is -0.117. The highest BCUT2D eigenvalue weighted by Crippen LogP contribution is 2.31.